The van der Waals surface area contributed by atoms with E-state index in [0.717, 1.165) is 12.2 Å². The van der Waals surface area contributed by atoms with Crippen LogP contribution < -0.4 is 4.74 Å². The molecular formula is C24H34O2. The molecule has 1 aliphatic carbocycles. The maximum Gasteiger partial charge on any atom is 0.189 e. The van der Waals surface area contributed by atoms with Crippen LogP contribution in [0, 0.1) is 18.3 Å². The highest BCUT2D eigenvalue weighted by Crippen LogP contribution is 2.43. The number of fused-ring (bicyclic) bond motifs is 2. The van der Waals surface area contributed by atoms with Gasteiger partial charge in [0.1, 0.15) is 5.75 Å². The fourth-order valence-corrected chi connectivity index (χ4v) is 4.20. The van der Waals surface area contributed by atoms with E-state index >= 15 is 0 Å². The molecule has 1 aliphatic heterocycles. The molecule has 2 heteroatoms. The Morgan fingerprint density at radius 1 is 0.962 bits per heavy atom. The van der Waals surface area contributed by atoms with Crippen molar-refractivity contribution in [2.45, 2.75) is 73.3 Å². The maximum atomic E-state index is 6.29. The highest BCUT2D eigenvalue weighted by atomic mass is 16.7. The Morgan fingerprint density at radius 2 is 1.65 bits per heavy atom. The van der Waals surface area contributed by atoms with Gasteiger partial charge in [-0.25, -0.2) is 0 Å². The van der Waals surface area contributed by atoms with Crippen LogP contribution in [0.2, 0.25) is 0 Å². The monoisotopic (exact) mass is 354 g/mol. The van der Waals surface area contributed by atoms with Crippen molar-refractivity contribution in [3.63, 3.8) is 0 Å². The summed E-state index contributed by atoms with van der Waals surface area (Å²) in [5, 5.41) is 0. The minimum atomic E-state index is 0.0451. The molecule has 26 heavy (non-hydrogen) atoms. The first-order valence-corrected chi connectivity index (χ1v) is 9.76. The standard InChI is InChI=1S/C24H34O2/c1-15-9-17-13-18-10-16(2)12-20(24(6,7)8)22(18)26-14-25-21(17)19(11-15)23(3,4)5/h9-12,17,21H,13-14H2,1-8H3. The number of ether oxygens (including phenoxy) is 2. The van der Waals surface area contributed by atoms with Crippen molar-refractivity contribution in [2.24, 2.45) is 11.3 Å². The van der Waals surface area contributed by atoms with Crippen LogP contribution in [0.3, 0.4) is 0 Å². The zero-order chi connectivity index (χ0) is 19.3. The SMILES string of the molecule is CC1=CC2Cc3cc(C)cc(C(C)(C)C)c3OCOC2C(C(C)(C)C)=C1. The Kier molecular flexibility index (Phi) is 4.85. The molecule has 0 saturated carbocycles. The summed E-state index contributed by atoms with van der Waals surface area (Å²) in [7, 11) is 0. The summed E-state index contributed by atoms with van der Waals surface area (Å²) in [5.41, 5.74) is 6.74. The van der Waals surface area contributed by atoms with Gasteiger partial charge in [0.2, 0.25) is 0 Å². The molecule has 2 unspecified atom stereocenters. The second kappa shape index (κ2) is 6.56. The van der Waals surface area contributed by atoms with Crippen LogP contribution in [0.5, 0.6) is 5.75 Å². The molecule has 0 spiro atoms. The van der Waals surface area contributed by atoms with E-state index in [-0.39, 0.29) is 16.9 Å². The Labute approximate surface area is 159 Å². The normalized spacial score (nSPS) is 23.7. The Bertz CT molecular complexity index is 754. The quantitative estimate of drug-likeness (QED) is 0.559. The fourth-order valence-electron chi connectivity index (χ4n) is 4.20. The third-order valence-corrected chi connectivity index (χ3v) is 5.45. The van der Waals surface area contributed by atoms with Crippen LogP contribution in [-0.4, -0.2) is 12.9 Å². The fraction of sp³-hybridized carbons (Fsp3) is 0.583. The molecule has 0 fully saturated rings. The lowest BCUT2D eigenvalue weighted by molar-refractivity contribution is -0.0498. The van der Waals surface area contributed by atoms with Crippen molar-refractivity contribution in [2.75, 3.05) is 6.79 Å². The molecule has 0 N–H and O–H groups in total. The van der Waals surface area contributed by atoms with Crippen molar-refractivity contribution in [1.82, 2.24) is 0 Å². The van der Waals surface area contributed by atoms with E-state index < -0.39 is 0 Å². The summed E-state index contributed by atoms with van der Waals surface area (Å²) in [6.07, 6.45) is 5.73. The first-order valence-electron chi connectivity index (χ1n) is 9.76. The topological polar surface area (TPSA) is 18.5 Å². The summed E-state index contributed by atoms with van der Waals surface area (Å²) >= 11 is 0. The molecule has 0 bridgehead atoms. The molecular weight excluding hydrogens is 320 g/mol. The minimum Gasteiger partial charge on any atom is -0.467 e. The number of benzene rings is 1. The molecule has 0 saturated heterocycles. The summed E-state index contributed by atoms with van der Waals surface area (Å²) < 4.78 is 12.5. The lowest BCUT2D eigenvalue weighted by Crippen LogP contribution is -2.37. The number of hydrogen-bond donors (Lipinski definition) is 0. The predicted molar refractivity (Wildman–Crippen MR) is 109 cm³/mol. The van der Waals surface area contributed by atoms with E-state index in [2.05, 4.69) is 79.7 Å². The number of allylic oxidation sites excluding steroid dienone is 2. The van der Waals surface area contributed by atoms with Gasteiger partial charge in [0.15, 0.2) is 6.79 Å². The minimum absolute atomic E-state index is 0.0451. The average Bonchev–Trinajstić information content (AvgIpc) is 2.46. The Morgan fingerprint density at radius 3 is 2.27 bits per heavy atom. The van der Waals surface area contributed by atoms with Crippen LogP contribution in [0.25, 0.3) is 0 Å². The Hall–Kier alpha value is -1.54. The summed E-state index contributed by atoms with van der Waals surface area (Å²) in [4.78, 5) is 0. The highest BCUT2D eigenvalue weighted by Gasteiger charge is 2.36. The van der Waals surface area contributed by atoms with E-state index in [1.165, 1.54) is 27.8 Å². The average molecular weight is 355 g/mol. The van der Waals surface area contributed by atoms with E-state index in [0.29, 0.717) is 12.7 Å². The molecule has 2 nitrogen and oxygen atoms in total. The maximum absolute atomic E-state index is 6.29. The number of rotatable bonds is 0. The van der Waals surface area contributed by atoms with E-state index in [4.69, 9.17) is 9.47 Å². The lowest BCUT2D eigenvalue weighted by Gasteiger charge is -2.39. The van der Waals surface area contributed by atoms with Gasteiger partial charge < -0.3 is 9.47 Å². The molecule has 0 radical (unpaired) electrons. The van der Waals surface area contributed by atoms with Gasteiger partial charge in [0, 0.05) is 11.5 Å². The largest absolute Gasteiger partial charge is 0.467 e. The zero-order valence-corrected chi connectivity index (χ0v) is 17.7. The Balaban J connectivity index is 2.06. The molecule has 3 rings (SSSR count). The second-order valence-electron chi connectivity index (χ2n) is 10.0. The van der Waals surface area contributed by atoms with E-state index in [1.807, 2.05) is 0 Å². The smallest absolute Gasteiger partial charge is 0.189 e. The molecule has 1 heterocycles. The van der Waals surface area contributed by atoms with Crippen LogP contribution in [0.4, 0.5) is 0 Å². The molecule has 1 aromatic rings. The predicted octanol–water partition coefficient (Wildman–Crippen LogP) is 6.12. The molecule has 2 aliphatic rings. The van der Waals surface area contributed by atoms with Gasteiger partial charge in [0.05, 0.1) is 6.10 Å². The van der Waals surface area contributed by atoms with Gasteiger partial charge in [-0.1, -0.05) is 77.0 Å². The van der Waals surface area contributed by atoms with Crippen molar-refractivity contribution < 1.29 is 9.47 Å². The van der Waals surface area contributed by atoms with E-state index in [9.17, 15) is 0 Å². The first-order chi connectivity index (χ1) is 12.0. The number of aryl methyl sites for hydroxylation is 1. The van der Waals surface area contributed by atoms with Gasteiger partial charge in [-0.2, -0.15) is 0 Å². The zero-order valence-electron chi connectivity index (χ0n) is 17.7. The van der Waals surface area contributed by atoms with Gasteiger partial charge in [0.25, 0.3) is 0 Å². The van der Waals surface area contributed by atoms with Gasteiger partial charge in [-0.15, -0.1) is 0 Å². The number of hydrogen-bond acceptors (Lipinski definition) is 2. The van der Waals surface area contributed by atoms with Crippen LogP contribution in [0.15, 0.2) is 35.4 Å². The van der Waals surface area contributed by atoms with Crippen LogP contribution in [0.1, 0.15) is 65.2 Å². The van der Waals surface area contributed by atoms with Gasteiger partial charge in [-0.05, 0) is 42.2 Å². The summed E-state index contributed by atoms with van der Waals surface area (Å²) in [6.45, 7) is 18.3. The third kappa shape index (κ3) is 3.76. The highest BCUT2D eigenvalue weighted by molar-refractivity contribution is 5.49. The molecule has 2 atom stereocenters. The van der Waals surface area contributed by atoms with Crippen LogP contribution in [-0.2, 0) is 16.6 Å². The van der Waals surface area contributed by atoms with Crippen LogP contribution >= 0.6 is 0 Å². The van der Waals surface area contributed by atoms with Gasteiger partial charge in [-0.3, -0.25) is 0 Å². The van der Waals surface area contributed by atoms with Crippen molar-refractivity contribution in [1.29, 1.82) is 0 Å². The first kappa shape index (κ1) is 19.2. The second-order valence-corrected chi connectivity index (χ2v) is 10.0. The van der Waals surface area contributed by atoms with Crippen molar-refractivity contribution in [3.05, 3.63) is 52.1 Å². The molecule has 0 aromatic heterocycles. The molecule has 0 amide bonds. The molecule has 142 valence electrons. The lowest BCUT2D eigenvalue weighted by atomic mass is 9.73. The van der Waals surface area contributed by atoms with Crippen molar-refractivity contribution in [3.8, 4) is 5.75 Å². The van der Waals surface area contributed by atoms with Gasteiger partial charge >= 0.3 is 0 Å². The van der Waals surface area contributed by atoms with Crippen molar-refractivity contribution >= 4 is 0 Å². The third-order valence-electron chi connectivity index (χ3n) is 5.45. The summed E-state index contributed by atoms with van der Waals surface area (Å²) in [5.74, 6) is 1.38. The summed E-state index contributed by atoms with van der Waals surface area (Å²) in [6, 6.07) is 4.56. The van der Waals surface area contributed by atoms with E-state index in [1.54, 1.807) is 0 Å². The molecule has 1 aromatic carbocycles.